The van der Waals surface area contributed by atoms with Crippen molar-refractivity contribution in [3.8, 4) is 0 Å². The van der Waals surface area contributed by atoms with Gasteiger partial charge in [-0.2, -0.15) is 11.8 Å². The van der Waals surface area contributed by atoms with Crippen molar-refractivity contribution in [1.82, 2.24) is 5.32 Å². The predicted molar refractivity (Wildman–Crippen MR) is 113 cm³/mol. The Morgan fingerprint density at radius 2 is 2.04 bits per heavy atom. The Hall–Kier alpha value is -1.65. The highest BCUT2D eigenvalue weighted by Crippen LogP contribution is 2.48. The van der Waals surface area contributed by atoms with Crippen molar-refractivity contribution in [3.05, 3.63) is 52.6 Å². The number of para-hydroxylation sites is 1. The van der Waals surface area contributed by atoms with Gasteiger partial charge in [0.05, 0.1) is 0 Å². The number of fused-ring (bicyclic) bond motifs is 3. The maximum absolute atomic E-state index is 3.75. The van der Waals surface area contributed by atoms with E-state index >= 15 is 0 Å². The van der Waals surface area contributed by atoms with Gasteiger partial charge in [0.15, 0.2) is 0 Å². The zero-order chi connectivity index (χ0) is 17.7. The van der Waals surface area contributed by atoms with Gasteiger partial charge in [-0.15, -0.1) is 0 Å². The first-order chi connectivity index (χ1) is 12.7. The van der Waals surface area contributed by atoms with Crippen molar-refractivity contribution in [1.29, 1.82) is 0 Å². The summed E-state index contributed by atoms with van der Waals surface area (Å²) in [6.45, 7) is 7.86. The molecule has 0 aliphatic carbocycles. The van der Waals surface area contributed by atoms with Crippen LogP contribution in [0.25, 0.3) is 0 Å². The number of rotatable bonds is 2. The van der Waals surface area contributed by atoms with Gasteiger partial charge in [-0.1, -0.05) is 18.2 Å². The Balaban J connectivity index is 1.59. The number of nitrogens with zero attached hydrogens (tertiary/aromatic N) is 1. The van der Waals surface area contributed by atoms with E-state index in [0.29, 0.717) is 12.0 Å². The number of anilines is 3. The molecule has 2 aromatic rings. The van der Waals surface area contributed by atoms with Gasteiger partial charge in [-0.25, -0.2) is 0 Å². The molecular formula is C22H27N3S. The largest absolute Gasteiger partial charge is 0.367 e. The smallest absolute Gasteiger partial charge is 0.0448 e. The fourth-order valence-corrected chi connectivity index (χ4v) is 5.92. The van der Waals surface area contributed by atoms with Crippen LogP contribution in [0.5, 0.6) is 0 Å². The van der Waals surface area contributed by atoms with E-state index in [1.165, 1.54) is 46.8 Å². The molecule has 0 saturated carbocycles. The number of benzene rings is 2. The van der Waals surface area contributed by atoms with E-state index in [1.807, 2.05) is 0 Å². The summed E-state index contributed by atoms with van der Waals surface area (Å²) in [5.74, 6) is 3.01. The molecule has 2 atom stereocenters. The lowest BCUT2D eigenvalue weighted by atomic mass is 9.89. The molecule has 5 rings (SSSR count). The summed E-state index contributed by atoms with van der Waals surface area (Å²) in [5, 5.41) is 7.38. The summed E-state index contributed by atoms with van der Waals surface area (Å²) in [6, 6.07) is 12.1. The molecular weight excluding hydrogens is 338 g/mol. The van der Waals surface area contributed by atoms with Crippen molar-refractivity contribution in [2.75, 3.05) is 35.6 Å². The Morgan fingerprint density at radius 1 is 1.19 bits per heavy atom. The number of piperidine rings is 1. The number of hydrogen-bond acceptors (Lipinski definition) is 4. The van der Waals surface area contributed by atoms with E-state index in [1.54, 1.807) is 11.3 Å². The molecule has 0 aromatic heterocycles. The van der Waals surface area contributed by atoms with Gasteiger partial charge in [0.1, 0.15) is 0 Å². The molecule has 2 N–H and O–H groups in total. The van der Waals surface area contributed by atoms with Crippen molar-refractivity contribution in [3.63, 3.8) is 0 Å². The number of aryl methyl sites for hydroxylation is 2. The fourth-order valence-electron chi connectivity index (χ4n) is 5.01. The maximum Gasteiger partial charge on any atom is 0.0448 e. The molecule has 0 radical (unpaired) electrons. The quantitative estimate of drug-likeness (QED) is 0.816. The van der Waals surface area contributed by atoms with E-state index in [0.717, 1.165) is 18.8 Å². The summed E-state index contributed by atoms with van der Waals surface area (Å²) in [6.07, 6.45) is 1.27. The zero-order valence-corrected chi connectivity index (χ0v) is 16.5. The van der Waals surface area contributed by atoms with Crippen LogP contribution in [0.15, 0.2) is 30.3 Å². The highest BCUT2D eigenvalue weighted by atomic mass is 32.2. The van der Waals surface area contributed by atoms with E-state index < -0.39 is 0 Å². The Morgan fingerprint density at radius 3 is 2.88 bits per heavy atom. The normalized spacial score (nSPS) is 24.0. The van der Waals surface area contributed by atoms with E-state index in [-0.39, 0.29) is 0 Å². The van der Waals surface area contributed by atoms with Gasteiger partial charge in [-0.3, -0.25) is 0 Å². The molecule has 0 amide bonds. The number of hydrogen-bond donors (Lipinski definition) is 2. The molecule has 3 nitrogen and oxygen atoms in total. The third-order valence-corrected chi connectivity index (χ3v) is 7.22. The minimum atomic E-state index is 0.639. The van der Waals surface area contributed by atoms with Crippen LogP contribution in [0, 0.1) is 13.8 Å². The first kappa shape index (κ1) is 16.5. The van der Waals surface area contributed by atoms with Crippen molar-refractivity contribution in [2.45, 2.75) is 38.0 Å². The standard InChI is InChI=1S/C22H27N3S/c1-14-4-3-5-15(2)21(14)24-17-10-16-13-26-9-8-25-20-6-7-23-12-19(20)18(11-17)22(16)25/h3-5,10-11,19-20,23-24H,6-9,12-13H2,1-2H3/t19?,20-/m0/s1. The van der Waals surface area contributed by atoms with Crippen LogP contribution in [0.2, 0.25) is 0 Å². The third-order valence-electron chi connectivity index (χ3n) is 6.24. The van der Waals surface area contributed by atoms with Crippen LogP contribution >= 0.6 is 11.8 Å². The van der Waals surface area contributed by atoms with Gasteiger partial charge >= 0.3 is 0 Å². The highest BCUT2D eigenvalue weighted by Gasteiger charge is 2.41. The molecule has 2 aromatic carbocycles. The van der Waals surface area contributed by atoms with Crippen LogP contribution < -0.4 is 15.5 Å². The molecule has 4 heteroatoms. The lowest BCUT2D eigenvalue weighted by molar-refractivity contribution is 0.406. The molecule has 1 fully saturated rings. The van der Waals surface area contributed by atoms with Gasteiger partial charge in [0, 0.05) is 53.6 Å². The van der Waals surface area contributed by atoms with E-state index in [4.69, 9.17) is 0 Å². The Kier molecular flexibility index (Phi) is 4.13. The molecule has 136 valence electrons. The van der Waals surface area contributed by atoms with E-state index in [9.17, 15) is 0 Å². The second-order valence-electron chi connectivity index (χ2n) is 7.88. The first-order valence-corrected chi connectivity index (χ1v) is 10.9. The third kappa shape index (κ3) is 2.62. The topological polar surface area (TPSA) is 27.3 Å². The summed E-state index contributed by atoms with van der Waals surface area (Å²) in [7, 11) is 0. The van der Waals surface area contributed by atoms with Crippen LogP contribution in [0.1, 0.15) is 34.6 Å². The molecule has 26 heavy (non-hydrogen) atoms. The van der Waals surface area contributed by atoms with Gasteiger partial charge in [0.2, 0.25) is 0 Å². The lowest BCUT2D eigenvalue weighted by Gasteiger charge is -2.33. The van der Waals surface area contributed by atoms with Crippen molar-refractivity contribution >= 4 is 28.8 Å². The number of nitrogens with one attached hydrogen (secondary N) is 2. The zero-order valence-electron chi connectivity index (χ0n) is 15.6. The maximum atomic E-state index is 3.75. The SMILES string of the molecule is Cc1cccc(C)c1Nc1cc2c3c(c1)C1CNCC[C@@H]1N3CCSC2. The van der Waals surface area contributed by atoms with Crippen LogP contribution in [0.3, 0.4) is 0 Å². The lowest BCUT2D eigenvalue weighted by Crippen LogP contribution is -2.44. The van der Waals surface area contributed by atoms with Crippen molar-refractivity contribution < 1.29 is 0 Å². The second kappa shape index (κ2) is 6.50. The van der Waals surface area contributed by atoms with E-state index in [2.05, 4.69) is 71.5 Å². The Labute approximate surface area is 160 Å². The molecule has 3 aliphatic heterocycles. The molecule has 1 saturated heterocycles. The fraction of sp³-hybridized carbons (Fsp3) is 0.455. The minimum absolute atomic E-state index is 0.639. The molecule has 3 aliphatic rings. The summed E-state index contributed by atoms with van der Waals surface area (Å²) < 4.78 is 0. The van der Waals surface area contributed by atoms with Crippen LogP contribution in [0.4, 0.5) is 17.1 Å². The molecule has 1 unspecified atom stereocenters. The highest BCUT2D eigenvalue weighted by molar-refractivity contribution is 7.98. The van der Waals surface area contributed by atoms with Crippen LogP contribution in [-0.4, -0.2) is 31.4 Å². The van der Waals surface area contributed by atoms with Crippen molar-refractivity contribution in [2.24, 2.45) is 0 Å². The molecule has 3 heterocycles. The molecule has 0 spiro atoms. The summed E-state index contributed by atoms with van der Waals surface area (Å²) in [5.41, 5.74) is 9.78. The molecule has 0 bridgehead atoms. The Bertz CT molecular complexity index is 827. The minimum Gasteiger partial charge on any atom is -0.367 e. The number of thioether (sulfide) groups is 1. The van der Waals surface area contributed by atoms with Gasteiger partial charge in [0.25, 0.3) is 0 Å². The van der Waals surface area contributed by atoms with Crippen LogP contribution in [-0.2, 0) is 5.75 Å². The monoisotopic (exact) mass is 365 g/mol. The predicted octanol–water partition coefficient (Wildman–Crippen LogP) is 4.56. The average Bonchev–Trinajstić information content (AvgIpc) is 2.81. The second-order valence-corrected chi connectivity index (χ2v) is 8.98. The summed E-state index contributed by atoms with van der Waals surface area (Å²) in [4.78, 5) is 2.74. The van der Waals surface area contributed by atoms with Gasteiger partial charge in [-0.05, 0) is 61.2 Å². The van der Waals surface area contributed by atoms with Gasteiger partial charge < -0.3 is 15.5 Å². The summed E-state index contributed by atoms with van der Waals surface area (Å²) >= 11 is 2.08. The average molecular weight is 366 g/mol. The first-order valence-electron chi connectivity index (χ1n) is 9.77.